The van der Waals surface area contributed by atoms with Gasteiger partial charge in [-0.25, -0.2) is 4.98 Å². The van der Waals surface area contributed by atoms with E-state index in [1.165, 1.54) is 9.80 Å². The van der Waals surface area contributed by atoms with Crippen LogP contribution in [0.15, 0.2) is 48.9 Å². The molecule has 5 rings (SSSR count). The average molecular weight is 530 g/mol. The Morgan fingerprint density at radius 1 is 1.18 bits per heavy atom. The summed E-state index contributed by atoms with van der Waals surface area (Å²) in [7, 11) is 3.35. The minimum atomic E-state index is -0.824. The molecule has 0 saturated heterocycles. The van der Waals surface area contributed by atoms with E-state index in [1.54, 1.807) is 34.1 Å². The molecular weight excluding hydrogens is 494 g/mol. The van der Waals surface area contributed by atoms with Gasteiger partial charge in [0.15, 0.2) is 5.65 Å². The quantitative estimate of drug-likeness (QED) is 0.254. The van der Waals surface area contributed by atoms with Gasteiger partial charge in [0.1, 0.15) is 6.54 Å². The number of aliphatic hydroxyl groups is 1. The van der Waals surface area contributed by atoms with Crippen molar-refractivity contribution in [1.82, 2.24) is 19.3 Å². The molecule has 1 saturated carbocycles. The number of fused-ring (bicyclic) bond motifs is 2. The molecule has 1 aliphatic carbocycles. The van der Waals surface area contributed by atoms with Crippen LogP contribution in [0, 0.1) is 0 Å². The number of rotatable bonds is 11. The lowest BCUT2D eigenvalue weighted by Gasteiger charge is -2.20. The Hall–Kier alpha value is -4.18. The van der Waals surface area contributed by atoms with Gasteiger partial charge in [-0.2, -0.15) is 0 Å². The van der Waals surface area contributed by atoms with Crippen molar-refractivity contribution in [2.24, 2.45) is 0 Å². The minimum absolute atomic E-state index is 0.0442. The monoisotopic (exact) mass is 529 g/mol. The van der Waals surface area contributed by atoms with Gasteiger partial charge in [0.25, 0.3) is 0 Å². The second kappa shape index (κ2) is 10.5. The number of hydrogen-bond donors (Lipinski definition) is 3. The Morgan fingerprint density at radius 3 is 2.67 bits per heavy atom. The van der Waals surface area contributed by atoms with E-state index in [-0.39, 0.29) is 12.5 Å². The van der Waals surface area contributed by atoms with Gasteiger partial charge in [0, 0.05) is 56.0 Å². The second-order valence-corrected chi connectivity index (χ2v) is 11.0. The van der Waals surface area contributed by atoms with E-state index in [1.807, 2.05) is 40.9 Å². The Bertz CT molecular complexity index is 1520. The van der Waals surface area contributed by atoms with Crippen LogP contribution in [0.4, 0.5) is 17.1 Å². The van der Waals surface area contributed by atoms with Crippen molar-refractivity contribution in [1.29, 1.82) is 0 Å². The van der Waals surface area contributed by atoms with Crippen LogP contribution in [0.25, 0.3) is 16.6 Å². The largest absolute Gasteiger partial charge is 0.389 e. The van der Waals surface area contributed by atoms with E-state index >= 15 is 0 Å². The zero-order valence-electron chi connectivity index (χ0n) is 22.8. The molecule has 4 aromatic rings. The van der Waals surface area contributed by atoms with Crippen molar-refractivity contribution in [2.45, 2.75) is 44.8 Å². The fourth-order valence-electron chi connectivity index (χ4n) is 4.47. The smallest absolute Gasteiger partial charge is 0.242 e. The summed E-state index contributed by atoms with van der Waals surface area (Å²) in [6, 6.07) is 9.88. The van der Waals surface area contributed by atoms with Crippen LogP contribution >= 0.6 is 0 Å². The third-order valence-corrected chi connectivity index (χ3v) is 6.82. The fraction of sp³-hybridized carbons (Fsp3) is 0.379. The maximum absolute atomic E-state index is 12.4. The molecule has 1 aliphatic rings. The SMILES string of the molecule is CN(C)C(=O)CN(C=O)c1cc(C2CC2)cn2cc(CNc3ccc4c(NCC(C)(C)O)ccnc4c3)nc12. The van der Waals surface area contributed by atoms with Gasteiger partial charge in [-0.15, -0.1) is 0 Å². The predicted molar refractivity (Wildman–Crippen MR) is 153 cm³/mol. The summed E-state index contributed by atoms with van der Waals surface area (Å²) >= 11 is 0. The number of likely N-dealkylation sites (N-methyl/N-ethyl adjacent to an activating group) is 1. The zero-order chi connectivity index (χ0) is 27.7. The van der Waals surface area contributed by atoms with E-state index in [4.69, 9.17) is 4.98 Å². The van der Waals surface area contributed by atoms with E-state index in [9.17, 15) is 14.7 Å². The number of nitrogens with zero attached hydrogens (tertiary/aromatic N) is 5. The van der Waals surface area contributed by atoms with Crippen LogP contribution in [0.2, 0.25) is 0 Å². The van der Waals surface area contributed by atoms with Crippen molar-refractivity contribution in [2.75, 3.05) is 42.7 Å². The summed E-state index contributed by atoms with van der Waals surface area (Å²) < 4.78 is 1.96. The summed E-state index contributed by atoms with van der Waals surface area (Å²) in [4.78, 5) is 36.7. The van der Waals surface area contributed by atoms with Crippen molar-refractivity contribution in [3.63, 3.8) is 0 Å². The Labute approximate surface area is 227 Å². The standard InChI is InChI=1S/C29H35N7O3/c1-29(2,39)17-32-24-9-10-30-25-12-21(7-8-23(24)25)31-13-22-15-35-14-20(19-5-6-19)11-26(28(35)33-22)36(18-37)16-27(38)34(3)4/h7-12,14-15,18-19,31,39H,5-6,13,16-17H2,1-4H3,(H,30,32). The highest BCUT2D eigenvalue weighted by atomic mass is 16.3. The van der Waals surface area contributed by atoms with Gasteiger partial charge in [-0.05, 0) is 68.5 Å². The molecule has 1 aromatic carbocycles. The number of pyridine rings is 2. The molecule has 10 heteroatoms. The first-order valence-corrected chi connectivity index (χ1v) is 13.1. The lowest BCUT2D eigenvalue weighted by molar-refractivity contribution is -0.128. The van der Waals surface area contributed by atoms with E-state index in [0.29, 0.717) is 36.8 Å². The van der Waals surface area contributed by atoms with Crippen LogP contribution in [0.5, 0.6) is 0 Å². The van der Waals surface area contributed by atoms with Gasteiger partial charge < -0.3 is 29.9 Å². The number of amides is 2. The highest BCUT2D eigenvalue weighted by molar-refractivity contribution is 5.93. The summed E-state index contributed by atoms with van der Waals surface area (Å²) in [6.45, 7) is 4.38. The molecule has 0 atom stereocenters. The molecule has 3 aromatic heterocycles. The summed E-state index contributed by atoms with van der Waals surface area (Å²) in [5, 5.41) is 17.8. The number of nitrogens with one attached hydrogen (secondary N) is 2. The number of carbonyl (C=O) groups excluding carboxylic acids is 2. The Kier molecular flexibility index (Phi) is 7.14. The number of anilines is 3. The molecular formula is C29H35N7O3. The van der Waals surface area contributed by atoms with Crippen LogP contribution in [0.3, 0.4) is 0 Å². The van der Waals surface area contributed by atoms with Gasteiger partial charge >= 0.3 is 0 Å². The molecule has 0 unspecified atom stereocenters. The average Bonchev–Trinajstić information content (AvgIpc) is 3.67. The third kappa shape index (κ3) is 6.12. The number of imidazole rings is 1. The molecule has 0 bridgehead atoms. The fourth-order valence-corrected chi connectivity index (χ4v) is 4.47. The molecule has 39 heavy (non-hydrogen) atoms. The summed E-state index contributed by atoms with van der Waals surface area (Å²) in [6.07, 6.45) is 8.73. The summed E-state index contributed by atoms with van der Waals surface area (Å²) in [5.74, 6) is 0.317. The lowest BCUT2D eigenvalue weighted by Crippen LogP contribution is -2.36. The number of aromatic nitrogens is 3. The molecule has 0 aliphatic heterocycles. The van der Waals surface area contributed by atoms with Crippen molar-refractivity contribution in [3.8, 4) is 0 Å². The van der Waals surface area contributed by atoms with Crippen molar-refractivity contribution >= 4 is 45.9 Å². The topological polar surface area (TPSA) is 115 Å². The van der Waals surface area contributed by atoms with Crippen LogP contribution < -0.4 is 15.5 Å². The molecule has 2 amide bonds. The van der Waals surface area contributed by atoms with E-state index in [2.05, 4.69) is 21.8 Å². The number of hydrogen-bond acceptors (Lipinski definition) is 7. The molecule has 3 N–H and O–H groups in total. The molecule has 10 nitrogen and oxygen atoms in total. The van der Waals surface area contributed by atoms with Gasteiger partial charge in [0.05, 0.1) is 29.0 Å². The van der Waals surface area contributed by atoms with E-state index in [0.717, 1.165) is 46.4 Å². The highest BCUT2D eigenvalue weighted by Gasteiger charge is 2.27. The van der Waals surface area contributed by atoms with Gasteiger partial charge in [-0.1, -0.05) is 0 Å². The number of benzene rings is 1. The van der Waals surface area contributed by atoms with Gasteiger partial charge in [-0.3, -0.25) is 14.6 Å². The zero-order valence-corrected chi connectivity index (χ0v) is 22.8. The van der Waals surface area contributed by atoms with E-state index < -0.39 is 5.60 Å². The maximum Gasteiger partial charge on any atom is 0.242 e. The minimum Gasteiger partial charge on any atom is -0.389 e. The first-order chi connectivity index (χ1) is 18.6. The van der Waals surface area contributed by atoms with Crippen molar-refractivity contribution in [3.05, 3.63) is 60.2 Å². The Balaban J connectivity index is 1.38. The van der Waals surface area contributed by atoms with Crippen molar-refractivity contribution < 1.29 is 14.7 Å². The first kappa shape index (κ1) is 26.4. The molecule has 3 heterocycles. The molecule has 204 valence electrons. The van der Waals surface area contributed by atoms with Gasteiger partial charge in [0.2, 0.25) is 12.3 Å². The molecule has 0 radical (unpaired) electrons. The van der Waals surface area contributed by atoms with Crippen LogP contribution in [0.1, 0.15) is 43.9 Å². The van der Waals surface area contributed by atoms with Crippen LogP contribution in [-0.4, -0.2) is 69.5 Å². The highest BCUT2D eigenvalue weighted by Crippen LogP contribution is 2.41. The lowest BCUT2D eigenvalue weighted by atomic mass is 10.1. The Morgan fingerprint density at radius 2 is 1.97 bits per heavy atom. The second-order valence-electron chi connectivity index (χ2n) is 11.0. The number of carbonyl (C=O) groups is 2. The maximum atomic E-state index is 12.4. The normalized spacial score (nSPS) is 13.5. The molecule has 0 spiro atoms. The predicted octanol–water partition coefficient (Wildman–Crippen LogP) is 3.61. The third-order valence-electron chi connectivity index (χ3n) is 6.82. The molecule has 1 fully saturated rings. The summed E-state index contributed by atoms with van der Waals surface area (Å²) in [5.41, 5.74) is 5.05. The first-order valence-electron chi connectivity index (χ1n) is 13.1. The van der Waals surface area contributed by atoms with Crippen LogP contribution in [-0.2, 0) is 16.1 Å².